The average molecular weight is 381 g/mol. The number of nitriles is 1. The van der Waals surface area contributed by atoms with E-state index in [4.69, 9.17) is 5.26 Å². The third-order valence-corrected chi connectivity index (χ3v) is 4.17. The number of hydrogen-bond acceptors (Lipinski definition) is 3. The molecule has 3 aromatic rings. The molecule has 2 aromatic carbocycles. The zero-order valence-electron chi connectivity index (χ0n) is 14.7. The normalized spacial score (nSPS) is 11.5. The predicted molar refractivity (Wildman–Crippen MR) is 100 cm³/mol. The number of aryl methyl sites for hydroxylation is 1. The van der Waals surface area contributed by atoms with Gasteiger partial charge in [0.05, 0.1) is 17.5 Å². The minimum absolute atomic E-state index is 0.0539. The van der Waals surface area contributed by atoms with Gasteiger partial charge in [0.25, 0.3) is 5.56 Å². The molecule has 0 bridgehead atoms. The summed E-state index contributed by atoms with van der Waals surface area (Å²) in [6.07, 6.45) is -3.45. The quantitative estimate of drug-likeness (QED) is 0.623. The van der Waals surface area contributed by atoms with Crippen LogP contribution in [0.15, 0.2) is 70.6 Å². The lowest BCUT2D eigenvalue weighted by Gasteiger charge is -2.14. The van der Waals surface area contributed by atoms with E-state index in [1.165, 1.54) is 12.3 Å². The molecule has 4 nitrogen and oxygen atoms in total. The summed E-state index contributed by atoms with van der Waals surface area (Å²) < 4.78 is 41.1. The molecule has 0 fully saturated rings. The van der Waals surface area contributed by atoms with Crippen molar-refractivity contribution in [2.45, 2.75) is 13.1 Å². The number of rotatable bonds is 3. The summed E-state index contributed by atoms with van der Waals surface area (Å²) in [5.41, 5.74) is -1.49. The van der Waals surface area contributed by atoms with Crippen molar-refractivity contribution in [1.82, 2.24) is 4.68 Å². The van der Waals surface area contributed by atoms with Gasteiger partial charge in [0.2, 0.25) is 0 Å². The van der Waals surface area contributed by atoms with Crippen molar-refractivity contribution in [1.29, 1.82) is 5.26 Å². The molecular formula is C21H14F3N3O. The zero-order valence-corrected chi connectivity index (χ0v) is 14.7. The molecule has 0 aliphatic heterocycles. The van der Waals surface area contributed by atoms with Gasteiger partial charge in [-0.25, -0.2) is 0 Å². The van der Waals surface area contributed by atoms with Gasteiger partial charge < -0.3 is 0 Å². The van der Waals surface area contributed by atoms with Crippen LogP contribution in [0.3, 0.4) is 0 Å². The molecule has 0 spiro atoms. The topological polar surface area (TPSA) is 58.1 Å². The van der Waals surface area contributed by atoms with Crippen molar-refractivity contribution in [2.24, 2.45) is 5.10 Å². The summed E-state index contributed by atoms with van der Waals surface area (Å²) in [5.74, 6) is 0. The fraction of sp³-hybridized carbons (Fsp3) is 0.0952. The van der Waals surface area contributed by atoms with Crippen LogP contribution in [-0.4, -0.2) is 10.9 Å². The SMILES string of the molecule is Cc1ccccc1/C=N/n1c(-c2ccccc2)cc(C(F)(F)F)c(C#N)c1=O. The highest BCUT2D eigenvalue weighted by atomic mass is 19.4. The summed E-state index contributed by atoms with van der Waals surface area (Å²) in [6, 6.07) is 17.5. The molecule has 0 radical (unpaired) electrons. The molecule has 0 aliphatic rings. The van der Waals surface area contributed by atoms with Crippen LogP contribution in [-0.2, 0) is 6.18 Å². The Morgan fingerprint density at radius 3 is 2.32 bits per heavy atom. The first kappa shape index (κ1) is 19.1. The van der Waals surface area contributed by atoms with Crippen molar-refractivity contribution in [3.8, 4) is 17.3 Å². The molecule has 7 heteroatoms. The summed E-state index contributed by atoms with van der Waals surface area (Å²) in [7, 11) is 0. The fourth-order valence-corrected chi connectivity index (χ4v) is 2.71. The lowest BCUT2D eigenvalue weighted by molar-refractivity contribution is -0.137. The van der Waals surface area contributed by atoms with E-state index in [9.17, 15) is 18.0 Å². The van der Waals surface area contributed by atoms with Crippen molar-refractivity contribution in [3.63, 3.8) is 0 Å². The summed E-state index contributed by atoms with van der Waals surface area (Å²) in [4.78, 5) is 12.7. The standard InChI is InChI=1S/C21H14F3N3O/c1-14-7-5-6-10-16(14)13-26-27-19(15-8-3-2-4-9-15)11-18(21(22,23)24)17(12-25)20(27)28/h2-11,13H,1H3/b26-13+. The van der Waals surface area contributed by atoms with Crippen LogP contribution in [0.25, 0.3) is 11.3 Å². The molecule has 0 amide bonds. The van der Waals surface area contributed by atoms with E-state index in [2.05, 4.69) is 5.10 Å². The van der Waals surface area contributed by atoms with Crippen LogP contribution in [0, 0.1) is 18.3 Å². The van der Waals surface area contributed by atoms with Gasteiger partial charge >= 0.3 is 6.18 Å². The molecule has 28 heavy (non-hydrogen) atoms. The van der Waals surface area contributed by atoms with Crippen molar-refractivity contribution in [2.75, 3.05) is 0 Å². The Morgan fingerprint density at radius 2 is 1.71 bits per heavy atom. The number of nitrogens with zero attached hydrogens (tertiary/aromatic N) is 3. The fourth-order valence-electron chi connectivity index (χ4n) is 2.71. The minimum Gasteiger partial charge on any atom is -0.266 e. The number of benzene rings is 2. The Hall–Kier alpha value is -3.66. The van der Waals surface area contributed by atoms with Gasteiger partial charge in [-0.2, -0.15) is 28.2 Å². The molecule has 0 N–H and O–H groups in total. The Morgan fingerprint density at radius 1 is 1.07 bits per heavy atom. The number of hydrogen-bond donors (Lipinski definition) is 0. The zero-order chi connectivity index (χ0) is 20.3. The summed E-state index contributed by atoms with van der Waals surface area (Å²) in [5, 5.41) is 13.3. The molecule has 1 heterocycles. The van der Waals surface area contributed by atoms with Crippen LogP contribution >= 0.6 is 0 Å². The number of halogens is 3. The highest BCUT2D eigenvalue weighted by Crippen LogP contribution is 2.33. The molecule has 3 rings (SSSR count). The molecule has 0 aliphatic carbocycles. The van der Waals surface area contributed by atoms with E-state index in [1.54, 1.807) is 42.5 Å². The molecule has 0 atom stereocenters. The monoisotopic (exact) mass is 381 g/mol. The maximum atomic E-state index is 13.4. The van der Waals surface area contributed by atoms with Gasteiger partial charge in [0.15, 0.2) is 0 Å². The molecule has 0 unspecified atom stereocenters. The summed E-state index contributed by atoms with van der Waals surface area (Å²) in [6.45, 7) is 1.84. The van der Waals surface area contributed by atoms with Gasteiger partial charge in [-0.05, 0) is 24.1 Å². The third kappa shape index (κ3) is 3.71. The van der Waals surface area contributed by atoms with E-state index in [1.807, 2.05) is 19.1 Å². The molecule has 0 saturated heterocycles. The second-order valence-electron chi connectivity index (χ2n) is 6.01. The van der Waals surface area contributed by atoms with Gasteiger partial charge in [-0.1, -0.05) is 54.6 Å². The Kier molecular flexibility index (Phi) is 5.14. The highest BCUT2D eigenvalue weighted by molar-refractivity contribution is 5.81. The van der Waals surface area contributed by atoms with Gasteiger partial charge in [-0.3, -0.25) is 4.79 Å². The second kappa shape index (κ2) is 7.53. The number of aromatic nitrogens is 1. The van der Waals surface area contributed by atoms with Crippen LogP contribution < -0.4 is 5.56 Å². The lowest BCUT2D eigenvalue weighted by Crippen LogP contribution is -2.26. The van der Waals surface area contributed by atoms with E-state index < -0.39 is 22.9 Å². The predicted octanol–water partition coefficient (Wildman–Crippen LogP) is 4.60. The van der Waals surface area contributed by atoms with E-state index in [-0.39, 0.29) is 5.69 Å². The second-order valence-corrected chi connectivity index (χ2v) is 6.01. The molecule has 1 aromatic heterocycles. The third-order valence-electron chi connectivity index (χ3n) is 4.17. The first-order chi connectivity index (χ1) is 13.3. The van der Waals surface area contributed by atoms with Gasteiger partial charge in [-0.15, -0.1) is 0 Å². The first-order valence-electron chi connectivity index (χ1n) is 8.25. The number of pyridine rings is 1. The van der Waals surface area contributed by atoms with Gasteiger partial charge in [0, 0.05) is 5.56 Å². The minimum atomic E-state index is -4.84. The molecular weight excluding hydrogens is 367 g/mol. The number of alkyl halides is 3. The van der Waals surface area contributed by atoms with Crippen molar-refractivity contribution in [3.05, 3.63) is 93.3 Å². The largest absolute Gasteiger partial charge is 0.417 e. The van der Waals surface area contributed by atoms with Crippen molar-refractivity contribution < 1.29 is 13.2 Å². The van der Waals surface area contributed by atoms with E-state index in [0.29, 0.717) is 11.1 Å². The van der Waals surface area contributed by atoms with E-state index >= 15 is 0 Å². The Balaban J connectivity index is 2.30. The van der Waals surface area contributed by atoms with Crippen LogP contribution in [0.5, 0.6) is 0 Å². The summed E-state index contributed by atoms with van der Waals surface area (Å²) >= 11 is 0. The van der Waals surface area contributed by atoms with Crippen LogP contribution in [0.2, 0.25) is 0 Å². The maximum absolute atomic E-state index is 13.4. The molecule has 0 saturated carbocycles. The lowest BCUT2D eigenvalue weighted by atomic mass is 10.0. The molecule has 140 valence electrons. The van der Waals surface area contributed by atoms with E-state index in [0.717, 1.165) is 16.3 Å². The Bertz CT molecular complexity index is 1140. The maximum Gasteiger partial charge on any atom is 0.417 e. The average Bonchev–Trinajstić information content (AvgIpc) is 2.67. The first-order valence-corrected chi connectivity index (χ1v) is 8.25. The van der Waals surface area contributed by atoms with Crippen LogP contribution in [0.1, 0.15) is 22.3 Å². The Labute approximate surface area is 158 Å². The van der Waals surface area contributed by atoms with Crippen LogP contribution in [0.4, 0.5) is 13.2 Å². The smallest absolute Gasteiger partial charge is 0.266 e. The highest BCUT2D eigenvalue weighted by Gasteiger charge is 2.36. The van der Waals surface area contributed by atoms with Crippen molar-refractivity contribution >= 4 is 6.21 Å². The van der Waals surface area contributed by atoms with Gasteiger partial charge in [0.1, 0.15) is 11.6 Å².